The number of carboxylic acid groups (broad SMARTS) is 3. The molecule has 318 valence electrons. The molecule has 0 spiro atoms. The van der Waals surface area contributed by atoms with E-state index in [1.165, 1.54) is 27.7 Å². The number of amides is 6. The van der Waals surface area contributed by atoms with Gasteiger partial charge in [-0.1, -0.05) is 0 Å². The van der Waals surface area contributed by atoms with E-state index >= 15 is 0 Å². The monoisotopic (exact) mass is 807 g/mol. The van der Waals surface area contributed by atoms with Gasteiger partial charge in [0.25, 0.3) is 0 Å². The lowest BCUT2D eigenvalue weighted by Crippen LogP contribution is -2.65. The van der Waals surface area contributed by atoms with Gasteiger partial charge in [0, 0.05) is 13.3 Å². The van der Waals surface area contributed by atoms with E-state index in [1.54, 1.807) is 0 Å². The van der Waals surface area contributed by atoms with Crippen molar-refractivity contribution >= 4 is 53.4 Å². The minimum absolute atomic E-state index is 0.0141. The Morgan fingerprint density at radius 2 is 1.25 bits per heavy atom. The standard InChI is InChI=1S/C32H53N7O17/c1-12(25(44)36-14(3)29(48)49)35-28(47)18(8-6-7-17(33)30(50)51)38-21(42)10-9-19(31(52)53)39-26(45)13(2)34-27(46)15(4)55-24-22(37-16(5)41)32(54)56-20(11-40)23(24)43/h12-15,17-20,22-24,32,40,43,54H,6-11,33H2,1-5H3,(H,34,46)(H,35,47)(H,36,44)(H,37,41)(H,38,42)(H,39,45)(H,48,49)(H,50,51)(H,52,53)/t12-,13+,14-,15-,17-,18+,19-,20-,22-,23-,24-,32?/m1/s1. The van der Waals surface area contributed by atoms with Crippen LogP contribution in [-0.4, -0.2) is 164 Å². The lowest BCUT2D eigenvalue weighted by Gasteiger charge is -2.43. The van der Waals surface area contributed by atoms with Crippen molar-refractivity contribution in [1.82, 2.24) is 31.9 Å². The highest BCUT2D eigenvalue weighted by molar-refractivity contribution is 5.94. The van der Waals surface area contributed by atoms with Gasteiger partial charge in [-0.2, -0.15) is 0 Å². The van der Waals surface area contributed by atoms with Crippen LogP contribution in [0.15, 0.2) is 0 Å². The van der Waals surface area contributed by atoms with Crippen LogP contribution in [0.3, 0.4) is 0 Å². The fourth-order valence-electron chi connectivity index (χ4n) is 5.14. The zero-order chi connectivity index (χ0) is 43.0. The predicted octanol–water partition coefficient (Wildman–Crippen LogP) is -5.65. The largest absolute Gasteiger partial charge is 0.480 e. The van der Waals surface area contributed by atoms with Gasteiger partial charge >= 0.3 is 17.9 Å². The number of hydrogen-bond donors (Lipinski definition) is 13. The Morgan fingerprint density at radius 1 is 0.696 bits per heavy atom. The topological polar surface area (TPSA) is 392 Å². The van der Waals surface area contributed by atoms with E-state index in [1.807, 2.05) is 0 Å². The molecule has 0 bridgehead atoms. The van der Waals surface area contributed by atoms with Crippen molar-refractivity contribution in [2.24, 2.45) is 5.73 Å². The van der Waals surface area contributed by atoms with Crippen LogP contribution in [0, 0.1) is 0 Å². The molecule has 1 unspecified atom stereocenters. The second kappa shape index (κ2) is 23.2. The number of aliphatic carboxylic acids is 3. The smallest absolute Gasteiger partial charge is 0.326 e. The highest BCUT2D eigenvalue weighted by Gasteiger charge is 2.47. The van der Waals surface area contributed by atoms with Gasteiger partial charge in [-0.05, 0) is 53.4 Å². The fourth-order valence-corrected chi connectivity index (χ4v) is 5.14. The van der Waals surface area contributed by atoms with E-state index in [0.717, 1.165) is 6.92 Å². The van der Waals surface area contributed by atoms with Crippen molar-refractivity contribution in [3.63, 3.8) is 0 Å². The average molecular weight is 808 g/mol. The van der Waals surface area contributed by atoms with E-state index in [9.17, 15) is 63.6 Å². The first-order valence-electron chi connectivity index (χ1n) is 17.5. The zero-order valence-electron chi connectivity index (χ0n) is 31.4. The molecule has 0 saturated carbocycles. The summed E-state index contributed by atoms with van der Waals surface area (Å²) in [6.45, 7) is 5.22. The van der Waals surface area contributed by atoms with Crippen LogP contribution in [0.25, 0.3) is 0 Å². The zero-order valence-corrected chi connectivity index (χ0v) is 31.4. The third-order valence-corrected chi connectivity index (χ3v) is 8.46. The molecule has 1 aliphatic rings. The van der Waals surface area contributed by atoms with Gasteiger partial charge < -0.3 is 77.7 Å². The number of rotatable bonds is 23. The van der Waals surface area contributed by atoms with Crippen LogP contribution in [0.2, 0.25) is 0 Å². The van der Waals surface area contributed by atoms with Gasteiger partial charge in [-0.3, -0.25) is 38.4 Å². The molecule has 1 rings (SSSR count). The van der Waals surface area contributed by atoms with Gasteiger partial charge in [0.05, 0.1) is 6.61 Å². The minimum atomic E-state index is -1.73. The third kappa shape index (κ3) is 16.0. The maximum Gasteiger partial charge on any atom is 0.326 e. The molecule has 0 aromatic heterocycles. The van der Waals surface area contributed by atoms with E-state index in [0.29, 0.717) is 0 Å². The molecule has 1 fully saturated rings. The summed E-state index contributed by atoms with van der Waals surface area (Å²) < 4.78 is 10.7. The molecule has 56 heavy (non-hydrogen) atoms. The molecular formula is C32H53N7O17. The summed E-state index contributed by atoms with van der Waals surface area (Å²) >= 11 is 0. The second-order valence-corrected chi connectivity index (χ2v) is 13.2. The van der Waals surface area contributed by atoms with E-state index < -0.39 is 146 Å². The predicted molar refractivity (Wildman–Crippen MR) is 187 cm³/mol. The number of nitrogens with one attached hydrogen (secondary N) is 6. The Labute approximate surface area is 320 Å². The average Bonchev–Trinajstić information content (AvgIpc) is 3.11. The molecule has 24 nitrogen and oxygen atoms in total. The van der Waals surface area contributed by atoms with Crippen LogP contribution in [0.5, 0.6) is 0 Å². The molecule has 14 N–H and O–H groups in total. The van der Waals surface area contributed by atoms with Gasteiger partial charge in [0.2, 0.25) is 35.4 Å². The Bertz CT molecular complexity index is 1430. The molecule has 1 aliphatic heterocycles. The fraction of sp³-hybridized carbons (Fsp3) is 0.719. The SMILES string of the molecule is CC(=O)N[C@H]1C(O)O[C@H](CO)[C@@H](O)[C@@H]1O[C@H](C)C(=O)N[C@@H](C)C(=O)N[C@H](CCC(=O)N[C@@H](CCC[C@@H](N)C(=O)O)C(=O)N[C@H](C)C(=O)N[C@H](C)C(=O)O)C(=O)O. The maximum absolute atomic E-state index is 13.0. The Hall–Kier alpha value is -5.01. The molecule has 0 aromatic rings. The number of aliphatic hydroxyl groups is 3. The molecule has 0 radical (unpaired) electrons. The lowest BCUT2D eigenvalue weighted by molar-refractivity contribution is -0.266. The van der Waals surface area contributed by atoms with Crippen LogP contribution in [0.1, 0.15) is 66.7 Å². The summed E-state index contributed by atoms with van der Waals surface area (Å²) in [5.74, 6) is -9.43. The summed E-state index contributed by atoms with van der Waals surface area (Å²) in [5, 5.41) is 71.8. The molecule has 6 amide bonds. The molecule has 0 aliphatic carbocycles. The van der Waals surface area contributed by atoms with Crippen molar-refractivity contribution in [2.45, 2.75) is 140 Å². The van der Waals surface area contributed by atoms with Gasteiger partial charge in [-0.25, -0.2) is 4.79 Å². The van der Waals surface area contributed by atoms with E-state index in [-0.39, 0.29) is 19.3 Å². The molecule has 0 aromatic carbocycles. The normalized spacial score (nSPS) is 23.0. The minimum Gasteiger partial charge on any atom is -0.480 e. The first kappa shape index (κ1) is 49.0. The van der Waals surface area contributed by atoms with Crippen molar-refractivity contribution in [2.75, 3.05) is 6.61 Å². The summed E-state index contributed by atoms with van der Waals surface area (Å²) in [4.78, 5) is 110. The Kier molecular flexibility index (Phi) is 20.3. The van der Waals surface area contributed by atoms with Crippen LogP contribution < -0.4 is 37.6 Å². The third-order valence-electron chi connectivity index (χ3n) is 8.46. The summed E-state index contributed by atoms with van der Waals surface area (Å²) in [6.07, 6.45) is -8.93. The maximum atomic E-state index is 13.0. The van der Waals surface area contributed by atoms with Crippen molar-refractivity contribution in [3.8, 4) is 0 Å². The van der Waals surface area contributed by atoms with Gasteiger partial charge in [-0.15, -0.1) is 0 Å². The summed E-state index contributed by atoms with van der Waals surface area (Å²) in [6, 6.07) is -9.65. The number of nitrogens with two attached hydrogens (primary N) is 1. The molecule has 1 heterocycles. The van der Waals surface area contributed by atoms with Crippen molar-refractivity contribution in [3.05, 3.63) is 0 Å². The van der Waals surface area contributed by atoms with E-state index in [4.69, 9.17) is 25.4 Å². The number of carbonyl (C=O) groups is 9. The Morgan fingerprint density at radius 3 is 1.77 bits per heavy atom. The lowest BCUT2D eigenvalue weighted by atomic mass is 9.96. The number of carboxylic acids is 3. The molecule has 24 heteroatoms. The highest BCUT2D eigenvalue weighted by Crippen LogP contribution is 2.24. The Balaban J connectivity index is 2.91. The van der Waals surface area contributed by atoms with Crippen molar-refractivity contribution in [1.29, 1.82) is 0 Å². The van der Waals surface area contributed by atoms with Crippen LogP contribution >= 0.6 is 0 Å². The van der Waals surface area contributed by atoms with Crippen molar-refractivity contribution < 1.29 is 83.3 Å². The first-order valence-corrected chi connectivity index (χ1v) is 17.5. The molecular weight excluding hydrogens is 754 g/mol. The molecule has 1 saturated heterocycles. The number of aliphatic hydroxyl groups excluding tert-OH is 3. The first-order chi connectivity index (χ1) is 26.0. The van der Waals surface area contributed by atoms with E-state index in [2.05, 4.69) is 31.9 Å². The summed E-state index contributed by atoms with van der Waals surface area (Å²) in [7, 11) is 0. The summed E-state index contributed by atoms with van der Waals surface area (Å²) in [5.41, 5.74) is 5.51. The highest BCUT2D eigenvalue weighted by atomic mass is 16.6. The molecule has 12 atom stereocenters. The van der Waals surface area contributed by atoms with Crippen LogP contribution in [-0.2, 0) is 52.6 Å². The van der Waals surface area contributed by atoms with Gasteiger partial charge in [0.15, 0.2) is 6.29 Å². The number of carbonyl (C=O) groups excluding carboxylic acids is 6. The van der Waals surface area contributed by atoms with Gasteiger partial charge in [0.1, 0.15) is 66.7 Å². The quantitative estimate of drug-likeness (QED) is 0.0457. The van der Waals surface area contributed by atoms with Crippen LogP contribution in [0.4, 0.5) is 0 Å². The number of hydrogen-bond acceptors (Lipinski definition) is 15. The second-order valence-electron chi connectivity index (χ2n) is 13.2. The number of ether oxygens (including phenoxy) is 2.